The lowest BCUT2D eigenvalue weighted by molar-refractivity contribution is 0.459. The third-order valence-electron chi connectivity index (χ3n) is 3.13. The van der Waals surface area contributed by atoms with Crippen LogP contribution >= 0.6 is 23.2 Å². The first-order valence-electron chi connectivity index (χ1n) is 6.50. The van der Waals surface area contributed by atoms with Crippen LogP contribution in [0.5, 0.6) is 5.75 Å². The second-order valence-electron chi connectivity index (χ2n) is 4.87. The van der Waals surface area contributed by atoms with Crippen molar-refractivity contribution in [1.82, 2.24) is 5.32 Å². The van der Waals surface area contributed by atoms with Crippen LogP contribution in [-0.4, -0.2) is 11.1 Å². The van der Waals surface area contributed by atoms with Gasteiger partial charge < -0.3 is 10.4 Å². The molecule has 0 heterocycles. The fourth-order valence-corrected chi connectivity index (χ4v) is 2.61. The summed E-state index contributed by atoms with van der Waals surface area (Å²) in [6.07, 6.45) is 0.926. The maximum Gasteiger partial charge on any atom is 0.138 e. The largest absolute Gasteiger partial charge is 0.506 e. The van der Waals surface area contributed by atoms with Crippen LogP contribution in [0.15, 0.2) is 42.5 Å². The molecule has 0 aliphatic rings. The molecule has 2 aromatic carbocycles. The van der Waals surface area contributed by atoms with E-state index in [1.165, 1.54) is 11.6 Å². The number of hydrogen-bond donors (Lipinski definition) is 2. The van der Waals surface area contributed by atoms with Crippen molar-refractivity contribution in [2.45, 2.75) is 25.9 Å². The Bertz CT molecular complexity index is 572. The average molecular weight is 310 g/mol. The normalized spacial score (nSPS) is 12.3. The summed E-state index contributed by atoms with van der Waals surface area (Å²) in [6.45, 7) is 2.64. The van der Waals surface area contributed by atoms with Gasteiger partial charge in [-0.15, -0.1) is 0 Å². The van der Waals surface area contributed by atoms with Gasteiger partial charge >= 0.3 is 0 Å². The lowest BCUT2D eigenvalue weighted by Crippen LogP contribution is -2.27. The molecule has 0 radical (unpaired) electrons. The van der Waals surface area contributed by atoms with Gasteiger partial charge in [0.05, 0.1) is 5.02 Å². The molecule has 2 N–H and O–H groups in total. The van der Waals surface area contributed by atoms with E-state index in [2.05, 4.69) is 24.4 Å². The molecule has 1 atom stereocenters. The molecule has 0 bridgehead atoms. The first-order valence-corrected chi connectivity index (χ1v) is 7.26. The number of nitrogens with one attached hydrogen (secondary N) is 1. The van der Waals surface area contributed by atoms with Crippen molar-refractivity contribution < 1.29 is 5.11 Å². The van der Waals surface area contributed by atoms with Crippen LogP contribution in [0.2, 0.25) is 10.0 Å². The van der Waals surface area contributed by atoms with E-state index in [9.17, 15) is 5.11 Å². The molecule has 0 amide bonds. The first kappa shape index (κ1) is 15.2. The van der Waals surface area contributed by atoms with Gasteiger partial charge in [0.1, 0.15) is 5.75 Å². The number of hydrogen-bond acceptors (Lipinski definition) is 2. The zero-order valence-electron chi connectivity index (χ0n) is 11.2. The molecule has 0 saturated heterocycles. The molecule has 106 valence electrons. The summed E-state index contributed by atoms with van der Waals surface area (Å²) >= 11 is 11.8. The molecular weight excluding hydrogens is 293 g/mol. The molecule has 0 fully saturated rings. The zero-order valence-corrected chi connectivity index (χ0v) is 12.7. The first-order chi connectivity index (χ1) is 9.56. The zero-order chi connectivity index (χ0) is 14.5. The van der Waals surface area contributed by atoms with Crippen molar-refractivity contribution in [3.05, 3.63) is 63.6 Å². The van der Waals surface area contributed by atoms with Crippen molar-refractivity contribution in [1.29, 1.82) is 0 Å². The molecule has 4 heteroatoms. The Labute approximate surface area is 129 Å². The van der Waals surface area contributed by atoms with Gasteiger partial charge in [0.15, 0.2) is 0 Å². The van der Waals surface area contributed by atoms with Crippen LogP contribution in [0.4, 0.5) is 0 Å². The number of phenolic OH excluding ortho intramolecular Hbond substituents is 1. The molecule has 2 nitrogen and oxygen atoms in total. The Morgan fingerprint density at radius 1 is 1.15 bits per heavy atom. The Morgan fingerprint density at radius 3 is 2.55 bits per heavy atom. The summed E-state index contributed by atoms with van der Waals surface area (Å²) in [5.74, 6) is 0.0930. The predicted molar refractivity (Wildman–Crippen MR) is 84.6 cm³/mol. The summed E-state index contributed by atoms with van der Waals surface area (Å²) in [6, 6.07) is 13.8. The lowest BCUT2D eigenvalue weighted by atomic mass is 10.1. The van der Waals surface area contributed by atoms with Gasteiger partial charge in [-0.3, -0.25) is 0 Å². The SMILES string of the molecule is CC(Cc1ccccc1)NCc1cc(Cl)cc(Cl)c1O. The van der Waals surface area contributed by atoms with Crippen molar-refractivity contribution in [2.75, 3.05) is 0 Å². The van der Waals surface area contributed by atoms with Crippen LogP contribution < -0.4 is 5.32 Å². The van der Waals surface area contributed by atoms with Crippen molar-refractivity contribution >= 4 is 23.2 Å². The molecule has 1 unspecified atom stereocenters. The van der Waals surface area contributed by atoms with Crippen LogP contribution in [0.25, 0.3) is 0 Å². The van der Waals surface area contributed by atoms with Crippen LogP contribution in [0.1, 0.15) is 18.1 Å². The smallest absolute Gasteiger partial charge is 0.138 e. The highest BCUT2D eigenvalue weighted by molar-refractivity contribution is 6.35. The number of rotatable bonds is 5. The second-order valence-corrected chi connectivity index (χ2v) is 5.71. The molecular formula is C16H17Cl2NO. The van der Waals surface area contributed by atoms with E-state index in [0.717, 1.165) is 6.42 Å². The number of phenols is 1. The van der Waals surface area contributed by atoms with Crippen LogP contribution in [0, 0.1) is 0 Å². The number of halogens is 2. The minimum Gasteiger partial charge on any atom is -0.506 e. The van der Waals surface area contributed by atoms with E-state index in [0.29, 0.717) is 17.1 Å². The average Bonchev–Trinajstić information content (AvgIpc) is 2.42. The maximum atomic E-state index is 9.89. The molecule has 0 spiro atoms. The molecule has 0 aromatic heterocycles. The highest BCUT2D eigenvalue weighted by Gasteiger charge is 2.09. The van der Waals surface area contributed by atoms with Gasteiger partial charge in [-0.05, 0) is 31.0 Å². The fraction of sp³-hybridized carbons (Fsp3) is 0.250. The number of aromatic hydroxyl groups is 1. The van der Waals surface area contributed by atoms with Crippen LogP contribution in [-0.2, 0) is 13.0 Å². The summed E-state index contributed by atoms with van der Waals surface area (Å²) < 4.78 is 0. The quantitative estimate of drug-likeness (QED) is 0.857. The minimum absolute atomic E-state index is 0.0930. The topological polar surface area (TPSA) is 32.3 Å². The Balaban J connectivity index is 1.95. The van der Waals surface area contributed by atoms with Gasteiger partial charge in [-0.2, -0.15) is 0 Å². The van der Waals surface area contributed by atoms with Crippen molar-refractivity contribution in [3.63, 3.8) is 0 Å². The van der Waals surface area contributed by atoms with Gasteiger partial charge in [0.2, 0.25) is 0 Å². The number of benzene rings is 2. The second kappa shape index (κ2) is 6.98. The van der Waals surface area contributed by atoms with E-state index < -0.39 is 0 Å². The summed E-state index contributed by atoms with van der Waals surface area (Å²) in [4.78, 5) is 0. The lowest BCUT2D eigenvalue weighted by Gasteiger charge is -2.15. The fourth-order valence-electron chi connectivity index (χ4n) is 2.08. The van der Waals surface area contributed by atoms with Gasteiger partial charge in [0.25, 0.3) is 0 Å². The molecule has 20 heavy (non-hydrogen) atoms. The standard InChI is InChI=1S/C16H17Cl2NO/c1-11(7-12-5-3-2-4-6-12)19-10-13-8-14(17)9-15(18)16(13)20/h2-6,8-9,11,19-20H,7,10H2,1H3. The van der Waals surface area contributed by atoms with E-state index in [4.69, 9.17) is 23.2 Å². The van der Waals surface area contributed by atoms with E-state index in [1.807, 2.05) is 18.2 Å². The monoisotopic (exact) mass is 309 g/mol. The highest BCUT2D eigenvalue weighted by atomic mass is 35.5. The third kappa shape index (κ3) is 4.14. The molecule has 2 aromatic rings. The predicted octanol–water partition coefficient (Wildman–Crippen LogP) is 4.42. The highest BCUT2D eigenvalue weighted by Crippen LogP contribution is 2.31. The molecule has 0 aliphatic carbocycles. The van der Waals surface area contributed by atoms with E-state index >= 15 is 0 Å². The van der Waals surface area contributed by atoms with Crippen molar-refractivity contribution in [3.8, 4) is 5.75 Å². The Kier molecular flexibility index (Phi) is 5.30. The van der Waals surface area contributed by atoms with Gasteiger partial charge in [-0.1, -0.05) is 53.5 Å². The van der Waals surface area contributed by atoms with Crippen LogP contribution in [0.3, 0.4) is 0 Å². The minimum atomic E-state index is 0.0930. The molecule has 0 aliphatic heterocycles. The molecule has 2 rings (SSSR count). The summed E-state index contributed by atoms with van der Waals surface area (Å²) in [7, 11) is 0. The van der Waals surface area contributed by atoms with Crippen molar-refractivity contribution in [2.24, 2.45) is 0 Å². The Morgan fingerprint density at radius 2 is 1.85 bits per heavy atom. The maximum absolute atomic E-state index is 9.89. The van der Waals surface area contributed by atoms with Gasteiger partial charge in [-0.25, -0.2) is 0 Å². The van der Waals surface area contributed by atoms with E-state index in [1.54, 1.807) is 6.07 Å². The Hall–Kier alpha value is -1.22. The summed E-state index contributed by atoms with van der Waals surface area (Å²) in [5, 5.41) is 14.1. The molecule has 0 saturated carbocycles. The summed E-state index contributed by atoms with van der Waals surface area (Å²) in [5.41, 5.74) is 1.99. The van der Waals surface area contributed by atoms with E-state index in [-0.39, 0.29) is 16.8 Å². The third-order valence-corrected chi connectivity index (χ3v) is 3.64. The van der Waals surface area contributed by atoms with Gasteiger partial charge in [0, 0.05) is 23.2 Å².